The summed E-state index contributed by atoms with van der Waals surface area (Å²) in [6.07, 6.45) is 1.41. The Hall–Kier alpha value is -2.91. The molecule has 0 saturated heterocycles. The van der Waals surface area contributed by atoms with Crippen molar-refractivity contribution in [3.63, 3.8) is 0 Å². The summed E-state index contributed by atoms with van der Waals surface area (Å²) in [5, 5.41) is 6.37. The first-order chi connectivity index (χ1) is 12.9. The molecule has 0 aromatic carbocycles. The molecule has 2 N–H and O–H groups in total. The third-order valence-corrected chi connectivity index (χ3v) is 5.94. The number of anilines is 2. The van der Waals surface area contributed by atoms with Crippen molar-refractivity contribution >= 4 is 50.5 Å². The van der Waals surface area contributed by atoms with Crippen LogP contribution in [0, 0.1) is 13.8 Å². The standard InChI is InChI=1S/C18H16N2O5S2/c1-9-10(2)26-17(14(9)18(23)24-3)20-16(22)12-6-7-13(27-12)19-15(21)11-5-4-8-25-11/h4-8H,1-3H3,(H,19,21)(H,20,22). The van der Waals surface area contributed by atoms with E-state index in [-0.39, 0.29) is 11.7 Å². The van der Waals surface area contributed by atoms with E-state index in [2.05, 4.69) is 10.6 Å². The first-order valence-corrected chi connectivity index (χ1v) is 9.48. The number of hydrogen-bond acceptors (Lipinski definition) is 7. The molecule has 0 radical (unpaired) electrons. The summed E-state index contributed by atoms with van der Waals surface area (Å²) in [6, 6.07) is 6.40. The maximum atomic E-state index is 12.5. The van der Waals surface area contributed by atoms with Crippen molar-refractivity contribution in [1.82, 2.24) is 0 Å². The van der Waals surface area contributed by atoms with Crippen LogP contribution in [0.5, 0.6) is 0 Å². The number of nitrogens with one attached hydrogen (secondary N) is 2. The predicted octanol–water partition coefficient (Wildman–Crippen LogP) is 4.31. The van der Waals surface area contributed by atoms with Crippen LogP contribution in [0.25, 0.3) is 0 Å². The fraction of sp³-hybridized carbons (Fsp3) is 0.167. The molecule has 140 valence electrons. The Balaban J connectivity index is 1.74. The molecular weight excluding hydrogens is 388 g/mol. The van der Waals surface area contributed by atoms with Gasteiger partial charge in [0.05, 0.1) is 28.8 Å². The zero-order valence-corrected chi connectivity index (χ0v) is 16.4. The second kappa shape index (κ2) is 7.77. The molecule has 7 nitrogen and oxygen atoms in total. The number of aryl methyl sites for hydroxylation is 1. The van der Waals surface area contributed by atoms with E-state index in [1.807, 2.05) is 6.92 Å². The van der Waals surface area contributed by atoms with E-state index in [1.165, 1.54) is 24.7 Å². The SMILES string of the molecule is COC(=O)c1c(NC(=O)c2ccc(NC(=O)c3ccco3)s2)sc(C)c1C. The van der Waals surface area contributed by atoms with Gasteiger partial charge in [0.2, 0.25) is 0 Å². The second-order valence-corrected chi connectivity index (χ2v) is 7.84. The lowest BCUT2D eigenvalue weighted by molar-refractivity contribution is 0.0601. The monoisotopic (exact) mass is 404 g/mol. The number of ether oxygens (including phenoxy) is 1. The average Bonchev–Trinajstić information content (AvgIpc) is 3.37. The maximum Gasteiger partial charge on any atom is 0.341 e. The van der Waals surface area contributed by atoms with Gasteiger partial charge in [0.25, 0.3) is 11.8 Å². The molecule has 3 aromatic rings. The summed E-state index contributed by atoms with van der Waals surface area (Å²) in [5.41, 5.74) is 1.14. The third-order valence-electron chi connectivity index (χ3n) is 3.81. The van der Waals surface area contributed by atoms with Gasteiger partial charge in [-0.3, -0.25) is 9.59 Å². The lowest BCUT2D eigenvalue weighted by Gasteiger charge is -2.05. The van der Waals surface area contributed by atoms with Crippen LogP contribution in [-0.4, -0.2) is 24.9 Å². The van der Waals surface area contributed by atoms with Crippen LogP contribution in [0.1, 0.15) is 41.0 Å². The molecule has 27 heavy (non-hydrogen) atoms. The van der Waals surface area contributed by atoms with E-state index >= 15 is 0 Å². The summed E-state index contributed by atoms with van der Waals surface area (Å²) >= 11 is 2.43. The number of rotatable bonds is 5. The molecule has 0 saturated carbocycles. The molecule has 3 aromatic heterocycles. The predicted molar refractivity (Wildman–Crippen MR) is 104 cm³/mol. The highest BCUT2D eigenvalue weighted by Crippen LogP contribution is 2.34. The number of methoxy groups -OCH3 is 1. The highest BCUT2D eigenvalue weighted by Gasteiger charge is 2.22. The van der Waals surface area contributed by atoms with Crippen molar-refractivity contribution in [1.29, 1.82) is 0 Å². The maximum absolute atomic E-state index is 12.5. The number of thiophene rings is 2. The Bertz CT molecular complexity index is 1000. The van der Waals surface area contributed by atoms with Crippen LogP contribution < -0.4 is 10.6 Å². The van der Waals surface area contributed by atoms with Gasteiger partial charge in [0.15, 0.2) is 5.76 Å². The quantitative estimate of drug-likeness (QED) is 0.618. The fourth-order valence-corrected chi connectivity index (χ4v) is 4.18. The zero-order chi connectivity index (χ0) is 19.6. The molecule has 0 atom stereocenters. The minimum atomic E-state index is -0.496. The van der Waals surface area contributed by atoms with Gasteiger partial charge >= 0.3 is 5.97 Å². The van der Waals surface area contributed by atoms with Gasteiger partial charge in [-0.15, -0.1) is 22.7 Å². The number of amides is 2. The molecule has 3 rings (SSSR count). The van der Waals surface area contributed by atoms with Gasteiger partial charge in [0.1, 0.15) is 5.00 Å². The number of esters is 1. The molecule has 2 amide bonds. The van der Waals surface area contributed by atoms with Gasteiger partial charge in [-0.1, -0.05) is 0 Å². The molecular formula is C18H16N2O5S2. The largest absolute Gasteiger partial charge is 0.465 e. The number of carbonyl (C=O) groups is 3. The molecule has 3 heterocycles. The van der Waals surface area contributed by atoms with E-state index in [4.69, 9.17) is 9.15 Å². The lowest BCUT2D eigenvalue weighted by atomic mass is 10.1. The first-order valence-electron chi connectivity index (χ1n) is 7.85. The van der Waals surface area contributed by atoms with Crippen molar-refractivity contribution in [3.05, 3.63) is 57.2 Å². The van der Waals surface area contributed by atoms with Crippen molar-refractivity contribution < 1.29 is 23.5 Å². The lowest BCUT2D eigenvalue weighted by Crippen LogP contribution is -2.13. The molecule has 0 aliphatic heterocycles. The van der Waals surface area contributed by atoms with Gasteiger partial charge < -0.3 is 19.8 Å². The van der Waals surface area contributed by atoms with Crippen LogP contribution in [0.2, 0.25) is 0 Å². The van der Waals surface area contributed by atoms with Gasteiger partial charge in [-0.2, -0.15) is 0 Å². The molecule has 0 aliphatic carbocycles. The fourth-order valence-electron chi connectivity index (χ4n) is 2.34. The van der Waals surface area contributed by atoms with Gasteiger partial charge in [0, 0.05) is 4.88 Å². The number of furan rings is 1. The summed E-state index contributed by atoms with van der Waals surface area (Å²) in [7, 11) is 1.30. The van der Waals surface area contributed by atoms with E-state index in [0.29, 0.717) is 20.4 Å². The first kappa shape index (κ1) is 18.9. The van der Waals surface area contributed by atoms with E-state index in [0.717, 1.165) is 21.8 Å². The highest BCUT2D eigenvalue weighted by molar-refractivity contribution is 7.19. The molecule has 0 spiro atoms. The van der Waals surface area contributed by atoms with Crippen LogP contribution in [0.4, 0.5) is 10.0 Å². The summed E-state index contributed by atoms with van der Waals surface area (Å²) in [4.78, 5) is 37.9. The Kier molecular flexibility index (Phi) is 5.43. The third kappa shape index (κ3) is 3.93. The van der Waals surface area contributed by atoms with Crippen molar-refractivity contribution in [2.45, 2.75) is 13.8 Å². The zero-order valence-electron chi connectivity index (χ0n) is 14.7. The summed E-state index contributed by atoms with van der Waals surface area (Å²) in [6.45, 7) is 3.68. The smallest absolute Gasteiger partial charge is 0.341 e. The van der Waals surface area contributed by atoms with E-state index < -0.39 is 11.9 Å². The Morgan fingerprint density at radius 3 is 2.48 bits per heavy atom. The average molecular weight is 404 g/mol. The normalized spacial score (nSPS) is 10.5. The van der Waals surface area contributed by atoms with Crippen LogP contribution in [0.15, 0.2) is 34.9 Å². The highest BCUT2D eigenvalue weighted by atomic mass is 32.1. The minimum absolute atomic E-state index is 0.182. The number of carbonyl (C=O) groups excluding carboxylic acids is 3. The second-order valence-electron chi connectivity index (χ2n) is 5.53. The molecule has 0 bridgehead atoms. The topological polar surface area (TPSA) is 97.6 Å². The molecule has 0 unspecified atom stereocenters. The summed E-state index contributed by atoms with van der Waals surface area (Å²) < 4.78 is 9.84. The van der Waals surface area contributed by atoms with E-state index in [9.17, 15) is 14.4 Å². The Labute approximate surface area is 163 Å². The van der Waals surface area contributed by atoms with Crippen LogP contribution in [-0.2, 0) is 4.74 Å². The Morgan fingerprint density at radius 1 is 1.04 bits per heavy atom. The summed E-state index contributed by atoms with van der Waals surface area (Å²) in [5.74, 6) is -1.08. The van der Waals surface area contributed by atoms with Crippen molar-refractivity contribution in [2.24, 2.45) is 0 Å². The van der Waals surface area contributed by atoms with Crippen LogP contribution in [0.3, 0.4) is 0 Å². The Morgan fingerprint density at radius 2 is 1.81 bits per heavy atom. The van der Waals surface area contributed by atoms with Gasteiger partial charge in [-0.05, 0) is 43.7 Å². The molecule has 0 aliphatic rings. The van der Waals surface area contributed by atoms with Gasteiger partial charge in [-0.25, -0.2) is 4.79 Å². The minimum Gasteiger partial charge on any atom is -0.465 e. The van der Waals surface area contributed by atoms with Crippen molar-refractivity contribution in [3.8, 4) is 0 Å². The van der Waals surface area contributed by atoms with E-state index in [1.54, 1.807) is 31.2 Å². The molecule has 0 fully saturated rings. The van der Waals surface area contributed by atoms with Crippen molar-refractivity contribution in [2.75, 3.05) is 17.7 Å². The molecule has 9 heteroatoms. The number of hydrogen-bond donors (Lipinski definition) is 2. The van der Waals surface area contributed by atoms with Crippen LogP contribution >= 0.6 is 22.7 Å².